The molecular formula is C13H17F3N2. The first kappa shape index (κ1) is 13.2. The van der Waals surface area contributed by atoms with E-state index in [4.69, 9.17) is 5.73 Å². The average molecular weight is 258 g/mol. The van der Waals surface area contributed by atoms with E-state index < -0.39 is 11.7 Å². The Kier molecular flexibility index (Phi) is 3.05. The first-order chi connectivity index (χ1) is 8.23. The minimum Gasteiger partial charge on any atom is -0.365 e. The summed E-state index contributed by atoms with van der Waals surface area (Å²) in [5, 5.41) is 0. The molecule has 2 nitrogen and oxygen atoms in total. The van der Waals surface area contributed by atoms with Crippen LogP contribution in [0.4, 0.5) is 18.9 Å². The largest absolute Gasteiger partial charge is 0.416 e. The molecule has 1 aliphatic heterocycles. The molecule has 1 aromatic rings. The lowest BCUT2D eigenvalue weighted by Crippen LogP contribution is -2.48. The second kappa shape index (κ2) is 4.16. The molecule has 1 unspecified atom stereocenters. The highest BCUT2D eigenvalue weighted by atomic mass is 19.4. The summed E-state index contributed by atoms with van der Waals surface area (Å²) in [6.45, 7) is 4.62. The second-order valence-corrected chi connectivity index (χ2v) is 5.25. The van der Waals surface area contributed by atoms with Gasteiger partial charge < -0.3 is 10.6 Å². The third-order valence-corrected chi connectivity index (χ3v) is 3.75. The maximum absolute atomic E-state index is 12.7. The van der Waals surface area contributed by atoms with Gasteiger partial charge in [0.05, 0.1) is 5.56 Å². The molecule has 2 rings (SSSR count). The summed E-state index contributed by atoms with van der Waals surface area (Å²) in [5.41, 5.74) is 5.66. The van der Waals surface area contributed by atoms with Crippen LogP contribution in [0.5, 0.6) is 0 Å². The molecule has 0 bridgehead atoms. The lowest BCUT2D eigenvalue weighted by atomic mass is 9.96. The minimum absolute atomic E-state index is 0.0213. The Balaban J connectivity index is 2.35. The van der Waals surface area contributed by atoms with Crippen molar-refractivity contribution in [2.45, 2.75) is 38.0 Å². The maximum atomic E-state index is 12.7. The fourth-order valence-corrected chi connectivity index (χ4v) is 2.42. The predicted molar refractivity (Wildman–Crippen MR) is 65.5 cm³/mol. The number of hydrogen-bond donors (Lipinski definition) is 1. The molecule has 0 saturated carbocycles. The summed E-state index contributed by atoms with van der Waals surface area (Å²) in [6, 6.07) is 5.41. The van der Waals surface area contributed by atoms with Gasteiger partial charge in [0.25, 0.3) is 0 Å². The highest BCUT2D eigenvalue weighted by Crippen LogP contribution is 2.36. The Morgan fingerprint density at radius 3 is 2.50 bits per heavy atom. The number of halogens is 3. The van der Waals surface area contributed by atoms with Crippen molar-refractivity contribution in [1.82, 2.24) is 0 Å². The van der Waals surface area contributed by atoms with Gasteiger partial charge in [-0.15, -0.1) is 0 Å². The van der Waals surface area contributed by atoms with E-state index in [-0.39, 0.29) is 11.6 Å². The van der Waals surface area contributed by atoms with Crippen molar-refractivity contribution < 1.29 is 13.2 Å². The van der Waals surface area contributed by atoms with E-state index in [2.05, 4.69) is 0 Å². The Bertz CT molecular complexity index is 440. The zero-order chi connectivity index (χ0) is 13.6. The molecular weight excluding hydrogens is 241 g/mol. The van der Waals surface area contributed by atoms with Crippen molar-refractivity contribution in [3.05, 3.63) is 29.8 Å². The number of alkyl halides is 3. The van der Waals surface area contributed by atoms with Crippen LogP contribution in [0.1, 0.15) is 25.8 Å². The van der Waals surface area contributed by atoms with Gasteiger partial charge in [-0.1, -0.05) is 6.07 Å². The molecule has 0 aromatic heterocycles. The van der Waals surface area contributed by atoms with Crippen molar-refractivity contribution in [1.29, 1.82) is 0 Å². The Hall–Kier alpha value is -1.23. The van der Waals surface area contributed by atoms with E-state index in [1.165, 1.54) is 12.1 Å². The van der Waals surface area contributed by atoms with Crippen LogP contribution in [-0.2, 0) is 6.18 Å². The molecule has 1 aliphatic rings. The topological polar surface area (TPSA) is 29.3 Å². The molecule has 100 valence electrons. The molecule has 0 amide bonds. The van der Waals surface area contributed by atoms with Crippen molar-refractivity contribution in [3.8, 4) is 0 Å². The number of anilines is 1. The summed E-state index contributed by atoms with van der Waals surface area (Å²) in [5.74, 6) is 0. The van der Waals surface area contributed by atoms with Crippen LogP contribution in [0.3, 0.4) is 0 Å². The van der Waals surface area contributed by atoms with Crippen LogP contribution in [0.2, 0.25) is 0 Å². The van der Waals surface area contributed by atoms with Gasteiger partial charge in [-0.05, 0) is 38.5 Å². The van der Waals surface area contributed by atoms with Crippen LogP contribution in [0, 0.1) is 0 Å². The molecule has 18 heavy (non-hydrogen) atoms. The third-order valence-electron chi connectivity index (χ3n) is 3.75. The predicted octanol–water partition coefficient (Wildman–Crippen LogP) is 3.02. The smallest absolute Gasteiger partial charge is 0.365 e. The summed E-state index contributed by atoms with van der Waals surface area (Å²) in [4.78, 5) is 1.95. The van der Waals surface area contributed by atoms with Crippen molar-refractivity contribution in [2.24, 2.45) is 5.73 Å². The quantitative estimate of drug-likeness (QED) is 0.839. The highest BCUT2D eigenvalue weighted by molar-refractivity contribution is 5.53. The standard InChI is InChI=1S/C13H17F3N2/c1-12(2)11(17)6-7-18(12)10-5-3-4-9(8-10)13(14,15)16/h3-5,8,11H,6-7,17H2,1-2H3. The zero-order valence-electron chi connectivity index (χ0n) is 10.5. The molecule has 1 heterocycles. The van der Waals surface area contributed by atoms with Gasteiger partial charge >= 0.3 is 6.18 Å². The van der Waals surface area contributed by atoms with E-state index in [0.29, 0.717) is 12.2 Å². The Morgan fingerprint density at radius 2 is 2.00 bits per heavy atom. The van der Waals surface area contributed by atoms with Crippen LogP contribution in [0.25, 0.3) is 0 Å². The van der Waals surface area contributed by atoms with E-state index in [9.17, 15) is 13.2 Å². The van der Waals surface area contributed by atoms with E-state index >= 15 is 0 Å². The molecule has 1 saturated heterocycles. The van der Waals surface area contributed by atoms with Crippen molar-refractivity contribution >= 4 is 5.69 Å². The number of rotatable bonds is 1. The van der Waals surface area contributed by atoms with Gasteiger partial charge in [-0.3, -0.25) is 0 Å². The van der Waals surface area contributed by atoms with Crippen molar-refractivity contribution in [3.63, 3.8) is 0 Å². The lowest BCUT2D eigenvalue weighted by Gasteiger charge is -2.36. The van der Waals surface area contributed by atoms with Crippen LogP contribution in [0.15, 0.2) is 24.3 Å². The van der Waals surface area contributed by atoms with Crippen molar-refractivity contribution in [2.75, 3.05) is 11.4 Å². The van der Waals surface area contributed by atoms with Gasteiger partial charge in [0.2, 0.25) is 0 Å². The summed E-state index contributed by atoms with van der Waals surface area (Å²) >= 11 is 0. The van der Waals surface area contributed by atoms with E-state index in [0.717, 1.165) is 12.5 Å². The number of benzene rings is 1. The lowest BCUT2D eigenvalue weighted by molar-refractivity contribution is -0.137. The SMILES string of the molecule is CC1(C)C(N)CCN1c1cccc(C(F)(F)F)c1. The van der Waals surface area contributed by atoms with Gasteiger partial charge in [-0.2, -0.15) is 13.2 Å². The van der Waals surface area contributed by atoms with Gasteiger partial charge in [-0.25, -0.2) is 0 Å². The number of hydrogen-bond acceptors (Lipinski definition) is 2. The van der Waals surface area contributed by atoms with Crippen LogP contribution < -0.4 is 10.6 Å². The summed E-state index contributed by atoms with van der Waals surface area (Å²) in [7, 11) is 0. The van der Waals surface area contributed by atoms with E-state index in [1.54, 1.807) is 6.07 Å². The van der Waals surface area contributed by atoms with Crippen LogP contribution >= 0.6 is 0 Å². The fourth-order valence-electron chi connectivity index (χ4n) is 2.42. The third kappa shape index (κ3) is 2.19. The molecule has 1 aromatic carbocycles. The van der Waals surface area contributed by atoms with Gasteiger partial charge in [0.1, 0.15) is 0 Å². The van der Waals surface area contributed by atoms with Gasteiger partial charge in [0, 0.05) is 23.8 Å². The first-order valence-corrected chi connectivity index (χ1v) is 5.93. The molecule has 5 heteroatoms. The van der Waals surface area contributed by atoms with Crippen LogP contribution in [-0.4, -0.2) is 18.1 Å². The van der Waals surface area contributed by atoms with E-state index in [1.807, 2.05) is 18.7 Å². The number of nitrogens with two attached hydrogens (primary N) is 1. The average Bonchev–Trinajstić information content (AvgIpc) is 2.53. The zero-order valence-corrected chi connectivity index (χ0v) is 10.5. The maximum Gasteiger partial charge on any atom is 0.416 e. The molecule has 2 N–H and O–H groups in total. The summed E-state index contributed by atoms with van der Waals surface area (Å²) < 4.78 is 38.0. The molecule has 0 spiro atoms. The molecule has 1 fully saturated rings. The second-order valence-electron chi connectivity index (χ2n) is 5.25. The number of nitrogens with zero attached hydrogens (tertiary/aromatic N) is 1. The molecule has 1 atom stereocenters. The normalized spacial score (nSPS) is 23.4. The first-order valence-electron chi connectivity index (χ1n) is 5.93. The van der Waals surface area contributed by atoms with Gasteiger partial charge in [0.15, 0.2) is 0 Å². The fraction of sp³-hybridized carbons (Fsp3) is 0.538. The highest BCUT2D eigenvalue weighted by Gasteiger charge is 2.40. The molecule has 0 aliphatic carbocycles. The Morgan fingerprint density at radius 1 is 1.33 bits per heavy atom. The monoisotopic (exact) mass is 258 g/mol. The Labute approximate surface area is 105 Å². The minimum atomic E-state index is -4.30. The molecule has 0 radical (unpaired) electrons. The summed E-state index contributed by atoms with van der Waals surface area (Å²) in [6.07, 6.45) is -3.51.